The van der Waals surface area contributed by atoms with E-state index in [0.29, 0.717) is 16.6 Å². The highest BCUT2D eigenvalue weighted by molar-refractivity contribution is 14.1. The van der Waals surface area contributed by atoms with Gasteiger partial charge in [-0.2, -0.15) is 0 Å². The molecule has 29 heavy (non-hydrogen) atoms. The number of hydrogen-bond donors (Lipinski definition) is 3. The van der Waals surface area contributed by atoms with Crippen LogP contribution in [0.15, 0.2) is 58.7 Å². The molecule has 1 aliphatic rings. The monoisotopic (exact) mass is 506 g/mol. The zero-order valence-corrected chi connectivity index (χ0v) is 19.5. The summed E-state index contributed by atoms with van der Waals surface area (Å²) in [6.45, 7) is 10.3. The molecule has 2 aromatic rings. The molecule has 1 heterocycles. The number of para-hydroxylation sites is 1. The Kier molecular flexibility index (Phi) is 5.80. The van der Waals surface area contributed by atoms with E-state index in [-0.39, 0.29) is 25.7 Å². The van der Waals surface area contributed by atoms with E-state index < -0.39 is 12.0 Å². The van der Waals surface area contributed by atoms with Crippen molar-refractivity contribution >= 4 is 39.4 Å². The molecule has 0 saturated heterocycles. The molecule has 0 radical (unpaired) electrons. The Bertz CT molecular complexity index is 1070. The van der Waals surface area contributed by atoms with E-state index in [4.69, 9.17) is 0 Å². The van der Waals surface area contributed by atoms with Gasteiger partial charge in [-0.1, -0.05) is 75.4 Å². The predicted octanol–water partition coefficient (Wildman–Crippen LogP) is 4.32. The lowest BCUT2D eigenvalue weighted by Crippen LogP contribution is -2.39. The number of allylic oxidation sites excluding steroid dienone is 1. The molecule has 0 bridgehead atoms. The summed E-state index contributed by atoms with van der Waals surface area (Å²) in [4.78, 5) is 28.7. The van der Waals surface area contributed by atoms with Crippen molar-refractivity contribution in [3.8, 4) is 0 Å². The van der Waals surface area contributed by atoms with Crippen LogP contribution in [-0.4, -0.2) is 25.5 Å². The maximum atomic E-state index is 13.0. The second kappa shape index (κ2) is 7.72. The summed E-state index contributed by atoms with van der Waals surface area (Å²) in [6, 6.07) is 7.09. The minimum atomic E-state index is -0.724. The molecule has 0 aliphatic heterocycles. The number of carbonyl (C=O) groups excluding carboxylic acids is 1. The molecule has 3 rings (SSSR count). The summed E-state index contributed by atoms with van der Waals surface area (Å²) in [5, 5.41) is 14.0. The number of fused-ring (bicyclic) bond motifs is 1. The van der Waals surface area contributed by atoms with Gasteiger partial charge in [0.05, 0.1) is 6.10 Å². The molecule has 2 atom stereocenters. The van der Waals surface area contributed by atoms with E-state index in [1.165, 1.54) is 6.20 Å². The van der Waals surface area contributed by atoms with E-state index >= 15 is 0 Å². The first-order valence-corrected chi connectivity index (χ1v) is 10.7. The first-order valence-electron chi connectivity index (χ1n) is 9.63. The number of aromatic nitrogens is 1. The zero-order valence-electron chi connectivity index (χ0n) is 17.3. The fraction of sp³-hybridized carbons (Fsp3) is 0.391. The molecular formula is C23H27IN2O3. The number of aliphatic hydroxyl groups is 1. The maximum absolute atomic E-state index is 13.0. The molecule has 1 amide bonds. The number of alkyl halides is 1. The first-order chi connectivity index (χ1) is 13.4. The number of carbonyl (C=O) groups is 1. The van der Waals surface area contributed by atoms with Crippen molar-refractivity contribution in [3.05, 3.63) is 69.7 Å². The molecular weight excluding hydrogens is 479 g/mol. The number of hydrogen-bond acceptors (Lipinski definition) is 3. The average molecular weight is 506 g/mol. The van der Waals surface area contributed by atoms with Gasteiger partial charge < -0.3 is 15.4 Å². The van der Waals surface area contributed by atoms with Gasteiger partial charge in [-0.25, -0.2) is 0 Å². The molecule has 1 aromatic carbocycles. The third-order valence-electron chi connectivity index (χ3n) is 5.22. The molecule has 1 aliphatic carbocycles. The third-order valence-corrected chi connectivity index (χ3v) is 5.94. The number of nitrogens with one attached hydrogen (secondary N) is 2. The van der Waals surface area contributed by atoms with Crippen molar-refractivity contribution < 1.29 is 9.90 Å². The van der Waals surface area contributed by atoms with Crippen molar-refractivity contribution in [3.63, 3.8) is 0 Å². The van der Waals surface area contributed by atoms with Gasteiger partial charge in [0.2, 0.25) is 5.43 Å². The van der Waals surface area contributed by atoms with Crippen LogP contribution in [0.3, 0.4) is 0 Å². The second-order valence-corrected chi connectivity index (χ2v) is 11.8. The van der Waals surface area contributed by atoms with Crippen LogP contribution in [0.5, 0.6) is 0 Å². The summed E-state index contributed by atoms with van der Waals surface area (Å²) in [5.74, 6) is -0.570. The van der Waals surface area contributed by atoms with Crippen LogP contribution < -0.4 is 10.7 Å². The molecule has 1 aromatic heterocycles. The van der Waals surface area contributed by atoms with Crippen LogP contribution in [0.2, 0.25) is 0 Å². The number of pyridine rings is 1. The molecule has 0 spiro atoms. The van der Waals surface area contributed by atoms with Gasteiger partial charge in [-0.15, -0.1) is 0 Å². The maximum Gasteiger partial charge on any atom is 0.261 e. The van der Waals surface area contributed by atoms with Crippen LogP contribution in [0.1, 0.15) is 45.0 Å². The van der Waals surface area contributed by atoms with Gasteiger partial charge in [-0.05, 0) is 29.2 Å². The molecule has 0 saturated carbocycles. The Hall–Kier alpha value is -1.93. The highest BCUT2D eigenvalue weighted by Gasteiger charge is 2.37. The smallest absolute Gasteiger partial charge is 0.261 e. The largest absolute Gasteiger partial charge is 0.388 e. The van der Waals surface area contributed by atoms with Gasteiger partial charge in [0, 0.05) is 32.1 Å². The number of aromatic amines is 1. The van der Waals surface area contributed by atoms with E-state index in [1.54, 1.807) is 24.3 Å². The molecule has 3 N–H and O–H groups in total. The Labute approximate surface area is 184 Å². The Morgan fingerprint density at radius 3 is 2.41 bits per heavy atom. The van der Waals surface area contributed by atoms with Gasteiger partial charge >= 0.3 is 0 Å². The Balaban J connectivity index is 1.98. The lowest BCUT2D eigenvalue weighted by molar-refractivity contribution is 0.0962. The molecule has 2 unspecified atom stereocenters. The van der Waals surface area contributed by atoms with Crippen molar-refractivity contribution in [2.24, 2.45) is 11.3 Å². The number of halogens is 1. The number of benzene rings is 1. The topological polar surface area (TPSA) is 82.2 Å². The van der Waals surface area contributed by atoms with Crippen molar-refractivity contribution in [2.45, 2.75) is 44.1 Å². The van der Waals surface area contributed by atoms with Crippen LogP contribution in [-0.2, 0) is 0 Å². The lowest BCUT2D eigenvalue weighted by Gasteiger charge is -2.37. The van der Waals surface area contributed by atoms with E-state index in [9.17, 15) is 14.7 Å². The van der Waals surface area contributed by atoms with E-state index in [1.807, 2.05) is 6.07 Å². The molecule has 0 fully saturated rings. The Morgan fingerprint density at radius 2 is 1.79 bits per heavy atom. The standard InChI is InChI=1S/C23H27IN2O3/c1-22(2,3)15-10-16(23(4,5)24)19(27)11-18(15)26-21(29)14-12-25-17-9-7-6-8-13(17)20(14)28/h6-12,16,19,27H,1-5H3,(H,25,28)(H,26,29). The van der Waals surface area contributed by atoms with Crippen LogP contribution >= 0.6 is 22.6 Å². The SMILES string of the molecule is CC(C)(C)C1=CC(C(C)(C)I)C(O)C=C1NC(=O)c1c[nH]c2ccccc2c1=O. The summed E-state index contributed by atoms with van der Waals surface area (Å²) >= 11 is 2.34. The number of amides is 1. The third kappa shape index (κ3) is 4.48. The van der Waals surface area contributed by atoms with Crippen molar-refractivity contribution in [1.82, 2.24) is 10.3 Å². The van der Waals surface area contributed by atoms with Gasteiger partial charge in [0.25, 0.3) is 5.91 Å². The summed E-state index contributed by atoms with van der Waals surface area (Å²) < 4.78 is -0.158. The minimum Gasteiger partial charge on any atom is -0.388 e. The molecule has 6 heteroatoms. The summed E-state index contributed by atoms with van der Waals surface area (Å²) in [7, 11) is 0. The molecule has 154 valence electrons. The van der Waals surface area contributed by atoms with Crippen molar-refractivity contribution in [1.29, 1.82) is 0 Å². The van der Waals surface area contributed by atoms with Gasteiger partial charge in [0.15, 0.2) is 0 Å². The van der Waals surface area contributed by atoms with Crippen LogP contribution in [0.4, 0.5) is 0 Å². The minimum absolute atomic E-state index is 0.0451. The average Bonchev–Trinajstić information content (AvgIpc) is 2.60. The molecule has 5 nitrogen and oxygen atoms in total. The highest BCUT2D eigenvalue weighted by atomic mass is 127. The van der Waals surface area contributed by atoms with E-state index in [0.717, 1.165) is 5.57 Å². The predicted molar refractivity (Wildman–Crippen MR) is 125 cm³/mol. The fourth-order valence-corrected chi connectivity index (χ4v) is 4.17. The van der Waals surface area contributed by atoms with Crippen LogP contribution in [0, 0.1) is 11.3 Å². The number of H-pyrrole nitrogens is 1. The highest BCUT2D eigenvalue weighted by Crippen LogP contribution is 2.41. The Morgan fingerprint density at radius 1 is 1.14 bits per heavy atom. The van der Waals surface area contributed by atoms with Gasteiger partial charge in [0.1, 0.15) is 5.56 Å². The quantitative estimate of drug-likeness (QED) is 0.429. The van der Waals surface area contributed by atoms with Crippen LogP contribution in [0.25, 0.3) is 10.9 Å². The van der Waals surface area contributed by atoms with Gasteiger partial charge in [-0.3, -0.25) is 9.59 Å². The summed E-state index contributed by atoms with van der Waals surface area (Å²) in [6.07, 6.45) is 4.46. The summed E-state index contributed by atoms with van der Waals surface area (Å²) in [5.41, 5.74) is 1.67. The number of aliphatic hydroxyl groups excluding tert-OH is 1. The van der Waals surface area contributed by atoms with E-state index in [2.05, 4.69) is 73.6 Å². The fourth-order valence-electron chi connectivity index (χ4n) is 3.63. The second-order valence-electron chi connectivity index (χ2n) is 9.02. The normalized spacial score (nSPS) is 20.2. The number of rotatable bonds is 3. The van der Waals surface area contributed by atoms with Crippen molar-refractivity contribution in [2.75, 3.05) is 0 Å². The zero-order chi connectivity index (χ0) is 21.6. The lowest BCUT2D eigenvalue weighted by atomic mass is 9.75. The first kappa shape index (κ1) is 21.8.